The molecule has 1 amide bonds. The van der Waals surface area contributed by atoms with Gasteiger partial charge in [0.15, 0.2) is 5.65 Å². The van der Waals surface area contributed by atoms with Gasteiger partial charge >= 0.3 is 12.1 Å². The minimum absolute atomic E-state index is 0.267. The van der Waals surface area contributed by atoms with Crippen molar-refractivity contribution in [3.05, 3.63) is 36.0 Å². The number of anilines is 2. The molecule has 4 rings (SSSR count). The third kappa shape index (κ3) is 6.75. The Balaban J connectivity index is 0.000000429. The molecule has 0 spiro atoms. The second-order valence-corrected chi connectivity index (χ2v) is 7.24. The highest BCUT2D eigenvalue weighted by molar-refractivity contribution is 6.05. The number of hydrogen-bond acceptors (Lipinski definition) is 9. The van der Waals surface area contributed by atoms with E-state index in [0.717, 1.165) is 31.9 Å². The SMILES string of the molecule is CCOc1nc(N2CCNCC2)ncc1C(=O)Nc1cn2cc(C)nc2cn1.O=C(O)C(F)(F)F. The number of halogens is 3. The highest BCUT2D eigenvalue weighted by Gasteiger charge is 2.38. The summed E-state index contributed by atoms with van der Waals surface area (Å²) in [6.45, 7) is 7.52. The largest absolute Gasteiger partial charge is 0.490 e. The molecule has 0 radical (unpaired) electrons. The summed E-state index contributed by atoms with van der Waals surface area (Å²) in [6, 6.07) is 0. The van der Waals surface area contributed by atoms with E-state index in [-0.39, 0.29) is 17.4 Å². The molecule has 0 aromatic carbocycles. The minimum atomic E-state index is -5.08. The second kappa shape index (κ2) is 10.9. The van der Waals surface area contributed by atoms with E-state index in [1.165, 1.54) is 6.20 Å². The number of nitrogens with zero attached hydrogens (tertiary/aromatic N) is 6. The van der Waals surface area contributed by atoms with Gasteiger partial charge in [-0.25, -0.2) is 19.7 Å². The number of carbonyl (C=O) groups excluding carboxylic acids is 1. The summed E-state index contributed by atoms with van der Waals surface area (Å²) < 4.78 is 39.2. The number of piperazine rings is 1. The number of carboxylic acids is 1. The zero-order valence-electron chi connectivity index (χ0n) is 18.8. The van der Waals surface area contributed by atoms with Crippen LogP contribution in [0, 0.1) is 6.92 Å². The maximum Gasteiger partial charge on any atom is 0.490 e. The fourth-order valence-electron chi connectivity index (χ4n) is 3.05. The normalized spacial score (nSPS) is 13.7. The van der Waals surface area contributed by atoms with Crippen molar-refractivity contribution in [2.45, 2.75) is 20.0 Å². The van der Waals surface area contributed by atoms with Crippen molar-refractivity contribution in [1.82, 2.24) is 29.7 Å². The van der Waals surface area contributed by atoms with E-state index in [9.17, 15) is 18.0 Å². The Hall–Kier alpha value is -4.01. The molecular formula is C20H23F3N8O4. The number of carbonyl (C=O) groups is 2. The van der Waals surface area contributed by atoms with Gasteiger partial charge in [0.25, 0.3) is 5.91 Å². The van der Waals surface area contributed by atoms with Crippen LogP contribution in [-0.2, 0) is 4.79 Å². The Morgan fingerprint density at radius 1 is 1.17 bits per heavy atom. The number of nitrogens with one attached hydrogen (secondary N) is 2. The Morgan fingerprint density at radius 3 is 2.49 bits per heavy atom. The summed E-state index contributed by atoms with van der Waals surface area (Å²) >= 11 is 0. The first-order valence-corrected chi connectivity index (χ1v) is 10.5. The molecule has 12 nitrogen and oxygen atoms in total. The number of fused-ring (bicyclic) bond motifs is 1. The summed E-state index contributed by atoms with van der Waals surface area (Å²) in [5.74, 6) is -1.90. The van der Waals surface area contributed by atoms with Crippen LogP contribution in [0.5, 0.6) is 5.88 Å². The van der Waals surface area contributed by atoms with Crippen LogP contribution >= 0.6 is 0 Å². The first kappa shape index (κ1) is 25.6. The Morgan fingerprint density at radius 2 is 1.86 bits per heavy atom. The van der Waals surface area contributed by atoms with E-state index in [4.69, 9.17) is 14.6 Å². The highest BCUT2D eigenvalue weighted by Crippen LogP contribution is 2.21. The molecule has 1 fully saturated rings. The van der Waals surface area contributed by atoms with Gasteiger partial charge in [0.2, 0.25) is 11.8 Å². The molecular weight excluding hydrogens is 473 g/mol. The number of carboxylic acid groups (broad SMARTS) is 1. The van der Waals surface area contributed by atoms with Crippen molar-refractivity contribution in [2.75, 3.05) is 43.0 Å². The summed E-state index contributed by atoms with van der Waals surface area (Å²) in [5, 5.41) is 13.2. The number of alkyl halides is 3. The first-order valence-electron chi connectivity index (χ1n) is 10.5. The van der Waals surface area contributed by atoms with Crippen LogP contribution in [0.15, 0.2) is 24.8 Å². The number of amides is 1. The van der Waals surface area contributed by atoms with E-state index >= 15 is 0 Å². The Kier molecular flexibility index (Phi) is 8.01. The summed E-state index contributed by atoms with van der Waals surface area (Å²) in [4.78, 5) is 41.1. The summed E-state index contributed by atoms with van der Waals surface area (Å²) in [7, 11) is 0. The van der Waals surface area contributed by atoms with Crippen molar-refractivity contribution < 1.29 is 32.6 Å². The molecule has 0 atom stereocenters. The number of rotatable bonds is 5. The van der Waals surface area contributed by atoms with Gasteiger partial charge in [-0.3, -0.25) is 4.79 Å². The highest BCUT2D eigenvalue weighted by atomic mass is 19.4. The molecule has 3 N–H and O–H groups in total. The fraction of sp³-hybridized carbons (Fsp3) is 0.400. The van der Waals surface area contributed by atoms with Gasteiger partial charge < -0.3 is 29.8 Å². The molecule has 15 heteroatoms. The third-order valence-electron chi connectivity index (χ3n) is 4.61. The topological polar surface area (TPSA) is 147 Å². The fourth-order valence-corrected chi connectivity index (χ4v) is 3.05. The average Bonchev–Trinajstić information content (AvgIpc) is 3.19. The molecule has 188 valence electrons. The Labute approximate surface area is 197 Å². The van der Waals surface area contributed by atoms with Gasteiger partial charge in [-0.15, -0.1) is 0 Å². The van der Waals surface area contributed by atoms with E-state index < -0.39 is 12.1 Å². The number of ether oxygens (including phenoxy) is 1. The number of aliphatic carboxylic acids is 1. The molecule has 4 heterocycles. The molecule has 1 aliphatic rings. The second-order valence-electron chi connectivity index (χ2n) is 7.24. The number of hydrogen-bond donors (Lipinski definition) is 3. The van der Waals surface area contributed by atoms with Gasteiger partial charge in [-0.1, -0.05) is 0 Å². The molecule has 1 saturated heterocycles. The maximum atomic E-state index is 12.8. The predicted octanol–water partition coefficient (Wildman–Crippen LogP) is 1.52. The Bertz CT molecular complexity index is 1190. The zero-order valence-corrected chi connectivity index (χ0v) is 18.8. The maximum absolute atomic E-state index is 12.8. The lowest BCUT2D eigenvalue weighted by atomic mass is 10.3. The van der Waals surface area contributed by atoms with E-state index in [1.54, 1.807) is 12.4 Å². The number of aromatic nitrogens is 5. The number of imidazole rings is 1. The van der Waals surface area contributed by atoms with Crippen LogP contribution < -0.4 is 20.3 Å². The average molecular weight is 496 g/mol. The molecule has 3 aromatic rings. The molecule has 0 unspecified atom stereocenters. The molecule has 35 heavy (non-hydrogen) atoms. The van der Waals surface area contributed by atoms with Crippen molar-refractivity contribution in [3.63, 3.8) is 0 Å². The van der Waals surface area contributed by atoms with Crippen LogP contribution in [0.1, 0.15) is 23.0 Å². The van der Waals surface area contributed by atoms with Crippen molar-refractivity contribution in [2.24, 2.45) is 0 Å². The number of aryl methyl sites for hydroxylation is 1. The molecule has 0 saturated carbocycles. The van der Waals surface area contributed by atoms with Gasteiger partial charge in [-0.05, 0) is 13.8 Å². The van der Waals surface area contributed by atoms with E-state index in [0.29, 0.717) is 24.0 Å². The first-order chi connectivity index (χ1) is 16.6. The third-order valence-corrected chi connectivity index (χ3v) is 4.61. The summed E-state index contributed by atoms with van der Waals surface area (Å²) in [5.41, 5.74) is 1.86. The summed E-state index contributed by atoms with van der Waals surface area (Å²) in [6.07, 6.45) is 1.61. The quantitative estimate of drug-likeness (QED) is 0.475. The van der Waals surface area contributed by atoms with Crippen LogP contribution in [0.4, 0.5) is 24.9 Å². The van der Waals surface area contributed by atoms with Crippen LogP contribution in [-0.4, -0.2) is 80.3 Å². The van der Waals surface area contributed by atoms with Gasteiger partial charge in [0.1, 0.15) is 11.4 Å². The van der Waals surface area contributed by atoms with Gasteiger partial charge in [-0.2, -0.15) is 18.2 Å². The lowest BCUT2D eigenvalue weighted by molar-refractivity contribution is -0.192. The zero-order chi connectivity index (χ0) is 25.6. The predicted molar refractivity (Wildman–Crippen MR) is 118 cm³/mol. The van der Waals surface area contributed by atoms with Crippen molar-refractivity contribution in [1.29, 1.82) is 0 Å². The van der Waals surface area contributed by atoms with E-state index in [1.807, 2.05) is 24.4 Å². The molecule has 3 aromatic heterocycles. The van der Waals surface area contributed by atoms with Crippen molar-refractivity contribution in [3.8, 4) is 5.88 Å². The van der Waals surface area contributed by atoms with Crippen LogP contribution in [0.25, 0.3) is 5.65 Å². The van der Waals surface area contributed by atoms with E-state index in [2.05, 4.69) is 35.5 Å². The van der Waals surface area contributed by atoms with Crippen LogP contribution in [0.2, 0.25) is 0 Å². The van der Waals surface area contributed by atoms with Gasteiger partial charge in [0.05, 0.1) is 24.7 Å². The lowest BCUT2D eigenvalue weighted by Crippen LogP contribution is -2.44. The standard InChI is InChI=1S/C18H22N8O2.C2HF3O2/c1-3-28-17-13(8-21-18(24-17)25-6-4-19-5-7-25)16(27)23-14-11-26-10-12(2)22-15(26)9-20-14;3-2(4,5)1(6)7/h8-11,19H,3-7H2,1-2H3,(H,23,27);(H,6,7). The van der Waals surface area contributed by atoms with Gasteiger partial charge in [0, 0.05) is 38.6 Å². The van der Waals surface area contributed by atoms with Crippen molar-refractivity contribution >= 4 is 29.3 Å². The minimum Gasteiger partial charge on any atom is -0.477 e. The molecule has 1 aliphatic heterocycles. The molecule has 0 bridgehead atoms. The van der Waals surface area contributed by atoms with Crippen LogP contribution in [0.3, 0.4) is 0 Å². The monoisotopic (exact) mass is 496 g/mol. The lowest BCUT2D eigenvalue weighted by Gasteiger charge is -2.27. The molecule has 0 aliphatic carbocycles. The smallest absolute Gasteiger partial charge is 0.477 e.